The van der Waals surface area contributed by atoms with Crippen LogP contribution in [0.2, 0.25) is 0 Å². The normalized spacial score (nSPS) is 11.6. The van der Waals surface area contributed by atoms with Crippen LogP contribution in [0.5, 0.6) is 0 Å². The molecule has 39 heavy (non-hydrogen) atoms. The van der Waals surface area contributed by atoms with E-state index < -0.39 is 5.69 Å². The van der Waals surface area contributed by atoms with Crippen LogP contribution in [0.3, 0.4) is 0 Å². The number of hydrogen-bond acceptors (Lipinski definition) is 6. The molecule has 0 bridgehead atoms. The molecule has 0 aliphatic rings. The van der Waals surface area contributed by atoms with Gasteiger partial charge in [-0.25, -0.2) is 4.79 Å². The molecule has 0 atom stereocenters. The van der Waals surface area contributed by atoms with E-state index in [1.54, 1.807) is 17.0 Å². The van der Waals surface area contributed by atoms with Crippen molar-refractivity contribution >= 4 is 21.8 Å². The van der Waals surface area contributed by atoms with Crippen LogP contribution in [0.15, 0.2) is 81.1 Å². The van der Waals surface area contributed by atoms with Gasteiger partial charge in [-0.3, -0.25) is 23.6 Å². The van der Waals surface area contributed by atoms with Crippen LogP contribution < -0.4 is 11.2 Å². The maximum atomic E-state index is 13.7. The first-order chi connectivity index (χ1) is 19.0. The summed E-state index contributed by atoms with van der Waals surface area (Å²) < 4.78 is 10.1. The third-order valence-corrected chi connectivity index (χ3v) is 7.30. The molecule has 0 fully saturated rings. The molecule has 0 saturated carbocycles. The predicted octanol–water partition coefficient (Wildman–Crippen LogP) is 4.32. The van der Waals surface area contributed by atoms with Crippen molar-refractivity contribution in [2.45, 2.75) is 39.8 Å². The van der Waals surface area contributed by atoms with E-state index in [-0.39, 0.29) is 12.1 Å². The smallest absolute Gasteiger partial charge is 0.332 e. The van der Waals surface area contributed by atoms with Crippen LogP contribution in [0.25, 0.3) is 33.1 Å². The van der Waals surface area contributed by atoms with Crippen LogP contribution in [-0.2, 0) is 33.0 Å². The molecule has 0 aliphatic heterocycles. The molecule has 196 valence electrons. The summed E-state index contributed by atoms with van der Waals surface area (Å²) in [5.74, 6) is 0.727. The largest absolute Gasteiger partial charge is 0.361 e. The van der Waals surface area contributed by atoms with Crippen LogP contribution in [0.4, 0.5) is 0 Å². The highest BCUT2D eigenvalue weighted by Crippen LogP contribution is 2.29. The Labute approximate surface area is 223 Å². The molecule has 0 saturated heterocycles. The molecule has 2 aromatic carbocycles. The summed E-state index contributed by atoms with van der Waals surface area (Å²) in [5, 5.41) is 11.8. The first kappa shape index (κ1) is 24.5. The van der Waals surface area contributed by atoms with Gasteiger partial charge in [0.1, 0.15) is 11.1 Å². The van der Waals surface area contributed by atoms with Crippen LogP contribution in [0.1, 0.15) is 36.4 Å². The van der Waals surface area contributed by atoms with Gasteiger partial charge in [-0.15, -0.1) is 0 Å². The second-order valence-electron chi connectivity index (χ2n) is 9.55. The van der Waals surface area contributed by atoms with E-state index in [0.29, 0.717) is 36.1 Å². The number of benzene rings is 2. The topological polar surface area (TPSA) is 101 Å². The minimum absolute atomic E-state index is 0.209. The molecule has 9 nitrogen and oxygen atoms in total. The molecule has 0 aliphatic carbocycles. The van der Waals surface area contributed by atoms with Gasteiger partial charge in [0, 0.05) is 37.0 Å². The molecule has 4 aromatic heterocycles. The van der Waals surface area contributed by atoms with E-state index >= 15 is 0 Å². The second-order valence-corrected chi connectivity index (χ2v) is 9.55. The van der Waals surface area contributed by atoms with Crippen molar-refractivity contribution in [3.8, 4) is 11.3 Å². The van der Waals surface area contributed by atoms with Crippen molar-refractivity contribution in [1.29, 1.82) is 0 Å². The van der Waals surface area contributed by atoms with Crippen molar-refractivity contribution in [3.63, 3.8) is 0 Å². The summed E-state index contributed by atoms with van der Waals surface area (Å²) in [6, 6.07) is 18.1. The Bertz CT molecular complexity index is 1920. The first-order valence-electron chi connectivity index (χ1n) is 13.1. The van der Waals surface area contributed by atoms with Crippen molar-refractivity contribution in [3.05, 3.63) is 110 Å². The lowest BCUT2D eigenvalue weighted by atomic mass is 10.0. The van der Waals surface area contributed by atoms with Gasteiger partial charge < -0.3 is 4.52 Å². The van der Waals surface area contributed by atoms with Gasteiger partial charge in [0.15, 0.2) is 5.65 Å². The van der Waals surface area contributed by atoms with Gasteiger partial charge in [0.2, 0.25) is 0 Å². The van der Waals surface area contributed by atoms with Crippen molar-refractivity contribution in [1.82, 2.24) is 29.1 Å². The van der Waals surface area contributed by atoms with Crippen molar-refractivity contribution in [2.24, 2.45) is 7.05 Å². The Hall–Kier alpha value is -4.79. The quantitative estimate of drug-likeness (QED) is 0.311. The summed E-state index contributed by atoms with van der Waals surface area (Å²) in [7, 11) is 1.51. The Morgan fingerprint density at radius 2 is 1.67 bits per heavy atom. The molecule has 4 heterocycles. The number of aryl methyl sites for hydroxylation is 2. The maximum absolute atomic E-state index is 13.7. The van der Waals surface area contributed by atoms with Gasteiger partial charge in [-0.1, -0.05) is 61.5 Å². The molecular formula is C30H28N6O3. The number of pyridine rings is 1. The van der Waals surface area contributed by atoms with E-state index in [4.69, 9.17) is 9.62 Å². The zero-order valence-corrected chi connectivity index (χ0v) is 22.1. The van der Waals surface area contributed by atoms with Gasteiger partial charge in [0.05, 0.1) is 24.5 Å². The maximum Gasteiger partial charge on any atom is 0.332 e. The van der Waals surface area contributed by atoms with Gasteiger partial charge in [0.25, 0.3) is 5.56 Å². The second kappa shape index (κ2) is 9.83. The average molecular weight is 521 g/mol. The predicted molar refractivity (Wildman–Crippen MR) is 150 cm³/mol. The fourth-order valence-corrected chi connectivity index (χ4v) is 5.29. The number of nitrogens with zero attached hydrogens (tertiary/aromatic N) is 6. The Morgan fingerprint density at radius 1 is 0.897 bits per heavy atom. The van der Waals surface area contributed by atoms with E-state index in [2.05, 4.69) is 34.4 Å². The average Bonchev–Trinajstić information content (AvgIpc) is 3.55. The molecule has 0 amide bonds. The third kappa shape index (κ3) is 4.06. The highest BCUT2D eigenvalue weighted by Gasteiger charge is 2.24. The van der Waals surface area contributed by atoms with Crippen molar-refractivity contribution in [2.75, 3.05) is 0 Å². The van der Waals surface area contributed by atoms with Gasteiger partial charge in [-0.2, -0.15) is 5.10 Å². The molecule has 9 heteroatoms. The highest BCUT2D eigenvalue weighted by atomic mass is 16.5. The number of hydrogen-bond donors (Lipinski definition) is 0. The molecule has 6 rings (SSSR count). The Morgan fingerprint density at radius 3 is 2.44 bits per heavy atom. The summed E-state index contributed by atoms with van der Waals surface area (Å²) in [4.78, 5) is 31.4. The van der Waals surface area contributed by atoms with E-state index in [1.807, 2.05) is 48.9 Å². The minimum Gasteiger partial charge on any atom is -0.361 e. The molecule has 6 aromatic rings. The number of rotatable bonds is 7. The van der Waals surface area contributed by atoms with Crippen LogP contribution in [-0.4, -0.2) is 29.1 Å². The third-order valence-electron chi connectivity index (χ3n) is 7.30. The van der Waals surface area contributed by atoms with Crippen molar-refractivity contribution < 1.29 is 4.52 Å². The molecule has 0 spiro atoms. The summed E-state index contributed by atoms with van der Waals surface area (Å²) in [5.41, 5.74) is 3.66. The summed E-state index contributed by atoms with van der Waals surface area (Å²) >= 11 is 0. The van der Waals surface area contributed by atoms with Crippen LogP contribution >= 0.6 is 0 Å². The zero-order chi connectivity index (χ0) is 27.1. The van der Waals surface area contributed by atoms with Crippen LogP contribution in [0, 0.1) is 0 Å². The minimum atomic E-state index is -0.436. The number of fused-ring (bicyclic) bond motifs is 2. The van der Waals surface area contributed by atoms with E-state index in [1.165, 1.54) is 7.05 Å². The Balaban J connectivity index is 1.64. The van der Waals surface area contributed by atoms with Gasteiger partial charge >= 0.3 is 5.69 Å². The lowest BCUT2D eigenvalue weighted by Crippen LogP contribution is -2.38. The highest BCUT2D eigenvalue weighted by molar-refractivity contribution is 5.91. The fourth-order valence-electron chi connectivity index (χ4n) is 5.29. The molecule has 0 N–H and O–H groups in total. The number of aromatic nitrogens is 6. The van der Waals surface area contributed by atoms with Gasteiger partial charge in [-0.05, 0) is 34.9 Å². The van der Waals surface area contributed by atoms with E-state index in [9.17, 15) is 9.59 Å². The lowest BCUT2D eigenvalue weighted by Gasteiger charge is -2.10. The summed E-state index contributed by atoms with van der Waals surface area (Å²) in [6.07, 6.45) is 4.69. The summed E-state index contributed by atoms with van der Waals surface area (Å²) in [6.45, 7) is 4.61. The fraction of sp³-hybridized carbons (Fsp3) is 0.233. The first-order valence-corrected chi connectivity index (χ1v) is 13.1. The Kier molecular flexibility index (Phi) is 6.18. The van der Waals surface area contributed by atoms with E-state index in [0.717, 1.165) is 43.5 Å². The lowest BCUT2D eigenvalue weighted by molar-refractivity contribution is 0.379. The SMILES string of the molecule is CCc1noc(CC)c1Cn1c(=O)n(C)c(=O)c2c(-c3ccncc3)n(Cc3cccc4ccccc34)nc21. The standard InChI is InChI=1S/C30H28N6O3/c1-4-24-23(25(5-2)39-33-24)18-35-28-26(29(37)34(3)30(35)38)27(20-13-15-31-16-14-20)36(32-28)17-21-11-8-10-19-9-6-7-12-22(19)21/h6-16H,4-5,17-18H2,1-3H3. The molecule has 0 unspecified atom stereocenters. The zero-order valence-electron chi connectivity index (χ0n) is 22.1. The molecular weight excluding hydrogens is 492 g/mol. The monoisotopic (exact) mass is 520 g/mol. The molecule has 0 radical (unpaired) electrons.